The molecule has 0 aliphatic rings. The van der Waals surface area contributed by atoms with Gasteiger partial charge < -0.3 is 10.5 Å². The Labute approximate surface area is 104 Å². The van der Waals surface area contributed by atoms with Gasteiger partial charge in [0.25, 0.3) is 0 Å². The van der Waals surface area contributed by atoms with E-state index in [1.165, 1.54) is 0 Å². The van der Waals surface area contributed by atoms with Crippen LogP contribution in [0.1, 0.15) is 6.92 Å². The molecule has 8 heteroatoms. The molecule has 0 aliphatic carbocycles. The third kappa shape index (κ3) is 3.67. The van der Waals surface area contributed by atoms with Crippen LogP contribution in [0.4, 0.5) is 10.1 Å². The first-order valence-corrected chi connectivity index (χ1v) is 6.55. The third-order valence-electron chi connectivity index (χ3n) is 1.99. The summed E-state index contributed by atoms with van der Waals surface area (Å²) >= 11 is 0. The van der Waals surface area contributed by atoms with Crippen LogP contribution in [0.15, 0.2) is 23.1 Å². The first-order chi connectivity index (χ1) is 8.36. The van der Waals surface area contributed by atoms with Crippen molar-refractivity contribution < 1.29 is 22.3 Å². The Hall–Kier alpha value is -1.67. The highest BCUT2D eigenvalue weighted by Gasteiger charge is 2.17. The SMILES string of the molecule is CCOC(=O)CNS(=O)(=O)c1ccc(F)c(N)c1. The molecule has 100 valence electrons. The lowest BCUT2D eigenvalue weighted by Crippen LogP contribution is -2.30. The Morgan fingerprint density at radius 2 is 2.17 bits per heavy atom. The van der Waals surface area contributed by atoms with Gasteiger partial charge in [-0.1, -0.05) is 0 Å². The Kier molecular flexibility index (Phi) is 4.62. The van der Waals surface area contributed by atoms with Gasteiger partial charge in [0, 0.05) is 0 Å². The van der Waals surface area contributed by atoms with Crippen molar-refractivity contribution in [3.8, 4) is 0 Å². The number of carbonyl (C=O) groups is 1. The molecule has 18 heavy (non-hydrogen) atoms. The quantitative estimate of drug-likeness (QED) is 0.593. The number of nitrogens with one attached hydrogen (secondary N) is 1. The summed E-state index contributed by atoms with van der Waals surface area (Å²) in [4.78, 5) is 10.8. The number of anilines is 1. The van der Waals surface area contributed by atoms with Crippen molar-refractivity contribution in [2.75, 3.05) is 18.9 Å². The van der Waals surface area contributed by atoms with E-state index in [1.807, 2.05) is 4.72 Å². The number of nitrogens with two attached hydrogens (primary N) is 1. The Balaban J connectivity index is 2.80. The van der Waals surface area contributed by atoms with Crippen LogP contribution in [0.5, 0.6) is 0 Å². The number of nitrogen functional groups attached to an aromatic ring is 1. The molecule has 0 fully saturated rings. The minimum absolute atomic E-state index is 0.157. The number of hydrogen-bond acceptors (Lipinski definition) is 5. The molecule has 1 aromatic carbocycles. The summed E-state index contributed by atoms with van der Waals surface area (Å²) in [5, 5.41) is 0. The van der Waals surface area contributed by atoms with E-state index in [0.717, 1.165) is 18.2 Å². The highest BCUT2D eigenvalue weighted by molar-refractivity contribution is 7.89. The zero-order chi connectivity index (χ0) is 13.8. The van der Waals surface area contributed by atoms with Crippen LogP contribution in [-0.4, -0.2) is 27.5 Å². The maximum Gasteiger partial charge on any atom is 0.321 e. The molecule has 0 aromatic heterocycles. The summed E-state index contributed by atoms with van der Waals surface area (Å²) in [6, 6.07) is 2.97. The molecule has 0 bridgehead atoms. The van der Waals surface area contributed by atoms with Crippen molar-refractivity contribution >= 4 is 21.7 Å². The second-order valence-electron chi connectivity index (χ2n) is 3.31. The summed E-state index contributed by atoms with van der Waals surface area (Å²) in [6.45, 7) is 1.27. The molecule has 0 spiro atoms. The predicted molar refractivity (Wildman–Crippen MR) is 62.6 cm³/mol. The van der Waals surface area contributed by atoms with Crippen LogP contribution in [0.25, 0.3) is 0 Å². The van der Waals surface area contributed by atoms with Gasteiger partial charge in [0.15, 0.2) is 0 Å². The minimum Gasteiger partial charge on any atom is -0.465 e. The average Bonchev–Trinajstić information content (AvgIpc) is 2.30. The van der Waals surface area contributed by atoms with Gasteiger partial charge in [-0.05, 0) is 25.1 Å². The molecule has 0 amide bonds. The van der Waals surface area contributed by atoms with E-state index in [1.54, 1.807) is 6.92 Å². The summed E-state index contributed by atoms with van der Waals surface area (Å²) in [5.74, 6) is -1.41. The summed E-state index contributed by atoms with van der Waals surface area (Å²) < 4.78 is 42.9. The number of sulfonamides is 1. The van der Waals surface area contributed by atoms with Crippen LogP contribution < -0.4 is 10.5 Å². The molecular formula is C10H13FN2O4S. The monoisotopic (exact) mass is 276 g/mol. The number of carbonyl (C=O) groups excluding carboxylic acids is 1. The fourth-order valence-electron chi connectivity index (χ4n) is 1.14. The van der Waals surface area contributed by atoms with Crippen molar-refractivity contribution in [2.45, 2.75) is 11.8 Å². The maximum atomic E-state index is 12.9. The number of hydrogen-bond donors (Lipinski definition) is 2. The van der Waals surface area contributed by atoms with Gasteiger partial charge in [-0.15, -0.1) is 0 Å². The lowest BCUT2D eigenvalue weighted by Gasteiger charge is -2.07. The maximum absolute atomic E-state index is 12.9. The van der Waals surface area contributed by atoms with Gasteiger partial charge in [0.05, 0.1) is 17.2 Å². The Bertz CT molecular complexity index is 545. The summed E-state index contributed by atoms with van der Waals surface area (Å²) in [6.07, 6.45) is 0. The highest BCUT2D eigenvalue weighted by Crippen LogP contribution is 2.16. The van der Waals surface area contributed by atoms with Gasteiger partial charge in [-0.25, -0.2) is 12.8 Å². The van der Waals surface area contributed by atoms with E-state index in [0.29, 0.717) is 0 Å². The van der Waals surface area contributed by atoms with Crippen LogP contribution in [0.2, 0.25) is 0 Å². The Morgan fingerprint density at radius 1 is 1.50 bits per heavy atom. The van der Waals surface area contributed by atoms with E-state index in [-0.39, 0.29) is 17.2 Å². The van der Waals surface area contributed by atoms with Crippen molar-refractivity contribution in [3.05, 3.63) is 24.0 Å². The van der Waals surface area contributed by atoms with Gasteiger partial charge in [0.2, 0.25) is 10.0 Å². The molecule has 0 saturated heterocycles. The number of halogens is 1. The standard InChI is InChI=1S/C10H13FN2O4S/c1-2-17-10(14)6-13-18(15,16)7-3-4-8(11)9(12)5-7/h3-5,13H,2,6,12H2,1H3. The molecule has 3 N–H and O–H groups in total. The molecule has 1 rings (SSSR count). The van der Waals surface area contributed by atoms with E-state index in [9.17, 15) is 17.6 Å². The summed E-state index contributed by atoms with van der Waals surface area (Å²) in [7, 11) is -3.91. The fraction of sp³-hybridized carbons (Fsp3) is 0.300. The van der Waals surface area contributed by atoms with Gasteiger partial charge in [0.1, 0.15) is 12.4 Å². The molecular weight excluding hydrogens is 263 g/mol. The topological polar surface area (TPSA) is 98.5 Å². The minimum atomic E-state index is -3.91. The van der Waals surface area contributed by atoms with Gasteiger partial charge >= 0.3 is 5.97 Å². The summed E-state index contributed by atoms with van der Waals surface area (Å²) in [5.41, 5.74) is 4.98. The van der Waals surface area contributed by atoms with Crippen LogP contribution in [0.3, 0.4) is 0 Å². The molecule has 0 aliphatic heterocycles. The van der Waals surface area contributed by atoms with Crippen molar-refractivity contribution in [1.29, 1.82) is 0 Å². The zero-order valence-corrected chi connectivity index (χ0v) is 10.5. The number of rotatable bonds is 5. The second-order valence-corrected chi connectivity index (χ2v) is 5.08. The third-order valence-corrected chi connectivity index (χ3v) is 3.39. The van der Waals surface area contributed by atoms with Crippen LogP contribution >= 0.6 is 0 Å². The van der Waals surface area contributed by atoms with Gasteiger partial charge in [-0.3, -0.25) is 4.79 Å². The smallest absolute Gasteiger partial charge is 0.321 e. The van der Waals surface area contributed by atoms with E-state index >= 15 is 0 Å². The highest BCUT2D eigenvalue weighted by atomic mass is 32.2. The molecule has 0 heterocycles. The molecule has 0 saturated carbocycles. The van der Waals surface area contributed by atoms with Crippen molar-refractivity contribution in [3.63, 3.8) is 0 Å². The predicted octanol–water partition coefficient (Wildman–Crippen LogP) is 0.249. The van der Waals surface area contributed by atoms with Crippen LogP contribution in [-0.2, 0) is 19.6 Å². The first kappa shape index (κ1) is 14.4. The normalized spacial score (nSPS) is 11.2. The fourth-order valence-corrected chi connectivity index (χ4v) is 2.14. The second kappa shape index (κ2) is 5.78. The largest absolute Gasteiger partial charge is 0.465 e. The van der Waals surface area contributed by atoms with Crippen molar-refractivity contribution in [2.24, 2.45) is 0 Å². The van der Waals surface area contributed by atoms with Gasteiger partial charge in [-0.2, -0.15) is 4.72 Å². The average molecular weight is 276 g/mol. The van der Waals surface area contributed by atoms with Crippen LogP contribution in [0, 0.1) is 5.82 Å². The molecule has 0 atom stereocenters. The lowest BCUT2D eigenvalue weighted by atomic mass is 10.3. The first-order valence-electron chi connectivity index (χ1n) is 5.07. The molecule has 6 nitrogen and oxygen atoms in total. The molecule has 1 aromatic rings. The van der Waals surface area contributed by atoms with Crippen molar-refractivity contribution in [1.82, 2.24) is 4.72 Å². The van der Waals surface area contributed by atoms with E-state index in [4.69, 9.17) is 5.73 Å². The molecule has 0 unspecified atom stereocenters. The number of esters is 1. The van der Waals surface area contributed by atoms with E-state index < -0.39 is 28.4 Å². The van der Waals surface area contributed by atoms with E-state index in [2.05, 4.69) is 4.74 Å². The number of benzene rings is 1. The zero-order valence-electron chi connectivity index (χ0n) is 9.64. The Morgan fingerprint density at radius 3 is 2.72 bits per heavy atom. The molecule has 0 radical (unpaired) electrons. The number of ether oxygens (including phenoxy) is 1. The lowest BCUT2D eigenvalue weighted by molar-refractivity contribution is -0.141.